The lowest BCUT2D eigenvalue weighted by atomic mass is 9.69. The van der Waals surface area contributed by atoms with Crippen molar-refractivity contribution in [2.24, 2.45) is 0 Å². The van der Waals surface area contributed by atoms with Crippen molar-refractivity contribution < 1.29 is 14.6 Å². The van der Waals surface area contributed by atoms with Gasteiger partial charge in [-0.05, 0) is 31.6 Å². The summed E-state index contributed by atoms with van der Waals surface area (Å²) in [5.74, 6) is 1.68. The van der Waals surface area contributed by atoms with E-state index in [1.54, 1.807) is 7.11 Å². The summed E-state index contributed by atoms with van der Waals surface area (Å²) in [6, 6.07) is 4.16. The van der Waals surface area contributed by atoms with Crippen molar-refractivity contribution in [3.8, 4) is 11.5 Å². The molecule has 4 heteroatoms. The van der Waals surface area contributed by atoms with Crippen LogP contribution in [-0.4, -0.2) is 42.9 Å². The Morgan fingerprint density at radius 2 is 2.29 bits per heavy atom. The van der Waals surface area contributed by atoms with Gasteiger partial charge in [-0.1, -0.05) is 18.2 Å². The molecule has 0 fully saturated rings. The maximum absolute atomic E-state index is 9.97. The molecule has 2 aliphatic heterocycles. The average Bonchev–Trinajstić information content (AvgIpc) is 2.72. The third-order valence-electron chi connectivity index (χ3n) is 5.15. The second-order valence-electron chi connectivity index (χ2n) is 6.43. The van der Waals surface area contributed by atoms with Crippen LogP contribution in [0.3, 0.4) is 0 Å². The minimum atomic E-state index is -0.412. The predicted molar refractivity (Wildman–Crippen MR) is 79.8 cm³/mol. The van der Waals surface area contributed by atoms with Gasteiger partial charge in [-0.15, -0.1) is 0 Å². The van der Waals surface area contributed by atoms with Crippen molar-refractivity contribution >= 4 is 0 Å². The van der Waals surface area contributed by atoms with Gasteiger partial charge < -0.3 is 19.5 Å². The zero-order valence-electron chi connectivity index (χ0n) is 12.5. The van der Waals surface area contributed by atoms with Gasteiger partial charge >= 0.3 is 0 Å². The van der Waals surface area contributed by atoms with Gasteiger partial charge in [0.05, 0.1) is 18.6 Å². The fourth-order valence-electron chi connectivity index (χ4n) is 4.08. The van der Waals surface area contributed by atoms with Crippen LogP contribution in [0.4, 0.5) is 0 Å². The Labute approximate surface area is 125 Å². The minimum Gasteiger partial charge on any atom is -0.493 e. The first kappa shape index (κ1) is 13.2. The molecule has 112 valence electrons. The average molecular weight is 287 g/mol. The standard InChI is InChI=1S/C17H21NO3/c1-18-8-7-17-6-5-12(19)9-14(17)21-16-13(20-2)4-3-11(10-18)15(16)17/h3-6,12,14,19H,7-10H2,1-2H3/t12-,14?,17-/m1/s1. The highest BCUT2D eigenvalue weighted by atomic mass is 16.5. The zero-order chi connectivity index (χ0) is 14.6. The molecular weight excluding hydrogens is 266 g/mol. The number of ether oxygens (including phenoxy) is 2. The molecule has 3 aliphatic rings. The number of benzene rings is 1. The highest BCUT2D eigenvalue weighted by Crippen LogP contribution is 2.55. The van der Waals surface area contributed by atoms with Gasteiger partial charge in [0, 0.05) is 18.5 Å². The fourth-order valence-corrected chi connectivity index (χ4v) is 4.08. The molecule has 0 radical (unpaired) electrons. The molecule has 0 saturated carbocycles. The molecule has 1 unspecified atom stereocenters. The zero-order valence-corrected chi connectivity index (χ0v) is 12.5. The lowest BCUT2D eigenvalue weighted by molar-refractivity contribution is 0.0821. The van der Waals surface area contributed by atoms with Crippen LogP contribution in [0.25, 0.3) is 0 Å². The molecule has 2 heterocycles. The molecule has 1 N–H and O–H groups in total. The van der Waals surface area contributed by atoms with E-state index in [-0.39, 0.29) is 11.5 Å². The quantitative estimate of drug-likeness (QED) is 0.801. The molecule has 1 aromatic rings. The number of methoxy groups -OCH3 is 1. The first-order valence-electron chi connectivity index (χ1n) is 7.57. The van der Waals surface area contributed by atoms with E-state index in [4.69, 9.17) is 9.47 Å². The van der Waals surface area contributed by atoms with Gasteiger partial charge in [0.25, 0.3) is 0 Å². The summed E-state index contributed by atoms with van der Waals surface area (Å²) in [4.78, 5) is 2.35. The summed E-state index contributed by atoms with van der Waals surface area (Å²) >= 11 is 0. The number of nitrogens with zero attached hydrogens (tertiary/aromatic N) is 1. The maximum Gasteiger partial charge on any atom is 0.166 e. The SMILES string of the molecule is COc1ccc2c3c1OC1C[C@H](O)C=C[C@]31CCN(C)C2. The van der Waals surface area contributed by atoms with E-state index < -0.39 is 6.10 Å². The number of aliphatic hydroxyl groups excluding tert-OH is 1. The van der Waals surface area contributed by atoms with Crippen LogP contribution in [0, 0.1) is 0 Å². The van der Waals surface area contributed by atoms with Crippen molar-refractivity contribution in [3.05, 3.63) is 35.4 Å². The van der Waals surface area contributed by atoms with Crippen LogP contribution in [0.1, 0.15) is 24.0 Å². The Kier molecular flexibility index (Phi) is 2.81. The van der Waals surface area contributed by atoms with E-state index in [2.05, 4.69) is 24.1 Å². The Morgan fingerprint density at radius 3 is 3.10 bits per heavy atom. The van der Waals surface area contributed by atoms with E-state index in [0.717, 1.165) is 31.0 Å². The number of aliphatic hydroxyl groups is 1. The summed E-state index contributed by atoms with van der Waals surface area (Å²) in [7, 11) is 3.84. The first-order chi connectivity index (χ1) is 10.1. The Balaban J connectivity index is 1.95. The van der Waals surface area contributed by atoms with Crippen LogP contribution in [0.5, 0.6) is 11.5 Å². The summed E-state index contributed by atoms with van der Waals surface area (Å²) < 4.78 is 11.8. The summed E-state index contributed by atoms with van der Waals surface area (Å²) in [6.07, 6.45) is 5.38. The van der Waals surface area contributed by atoms with E-state index in [1.165, 1.54) is 11.1 Å². The van der Waals surface area contributed by atoms with E-state index in [9.17, 15) is 5.11 Å². The smallest absolute Gasteiger partial charge is 0.166 e. The molecule has 0 amide bonds. The van der Waals surface area contributed by atoms with Gasteiger partial charge in [-0.25, -0.2) is 0 Å². The fraction of sp³-hybridized carbons (Fsp3) is 0.529. The van der Waals surface area contributed by atoms with Crippen LogP contribution < -0.4 is 9.47 Å². The third-order valence-corrected chi connectivity index (χ3v) is 5.15. The van der Waals surface area contributed by atoms with Crippen LogP contribution in [0.15, 0.2) is 24.3 Å². The molecule has 3 atom stereocenters. The van der Waals surface area contributed by atoms with Crippen LogP contribution in [0.2, 0.25) is 0 Å². The molecule has 1 aliphatic carbocycles. The van der Waals surface area contributed by atoms with Crippen molar-refractivity contribution in [1.29, 1.82) is 0 Å². The molecule has 21 heavy (non-hydrogen) atoms. The van der Waals surface area contributed by atoms with Gasteiger partial charge in [0.2, 0.25) is 0 Å². The number of rotatable bonds is 1. The molecule has 4 nitrogen and oxygen atoms in total. The Hall–Kier alpha value is -1.52. The molecule has 1 aromatic carbocycles. The van der Waals surface area contributed by atoms with Crippen LogP contribution >= 0.6 is 0 Å². The second kappa shape index (κ2) is 4.49. The lowest BCUT2D eigenvalue weighted by Gasteiger charge is -2.35. The van der Waals surface area contributed by atoms with Gasteiger partial charge in [-0.3, -0.25) is 0 Å². The van der Waals surface area contributed by atoms with Gasteiger partial charge in [0.15, 0.2) is 11.5 Å². The van der Waals surface area contributed by atoms with Crippen molar-refractivity contribution in [2.45, 2.75) is 37.0 Å². The highest BCUT2D eigenvalue weighted by molar-refractivity contribution is 5.60. The molecule has 0 bridgehead atoms. The third kappa shape index (κ3) is 1.75. The second-order valence-corrected chi connectivity index (χ2v) is 6.43. The maximum atomic E-state index is 9.97. The minimum absolute atomic E-state index is 0.00838. The van der Waals surface area contributed by atoms with E-state index in [1.807, 2.05) is 12.1 Å². The first-order valence-corrected chi connectivity index (χ1v) is 7.57. The molecule has 0 aromatic heterocycles. The highest BCUT2D eigenvalue weighted by Gasteiger charge is 2.52. The molecule has 0 saturated heterocycles. The molecule has 4 rings (SSSR count). The largest absolute Gasteiger partial charge is 0.493 e. The van der Waals surface area contributed by atoms with Crippen LogP contribution in [-0.2, 0) is 12.0 Å². The summed E-state index contributed by atoms with van der Waals surface area (Å²) in [5, 5.41) is 9.97. The van der Waals surface area contributed by atoms with Gasteiger partial charge in [0.1, 0.15) is 6.10 Å². The van der Waals surface area contributed by atoms with E-state index in [0.29, 0.717) is 6.42 Å². The lowest BCUT2D eigenvalue weighted by Crippen LogP contribution is -2.42. The predicted octanol–water partition coefficient (Wildman–Crippen LogP) is 1.85. The number of hydrogen-bond donors (Lipinski definition) is 1. The van der Waals surface area contributed by atoms with Crippen molar-refractivity contribution in [2.75, 3.05) is 20.7 Å². The number of hydrogen-bond acceptors (Lipinski definition) is 4. The van der Waals surface area contributed by atoms with E-state index >= 15 is 0 Å². The topological polar surface area (TPSA) is 41.9 Å². The Bertz CT molecular complexity index is 612. The molecular formula is C17H21NO3. The van der Waals surface area contributed by atoms with Crippen molar-refractivity contribution in [3.63, 3.8) is 0 Å². The van der Waals surface area contributed by atoms with Crippen molar-refractivity contribution in [1.82, 2.24) is 4.90 Å². The normalized spacial score (nSPS) is 33.9. The Morgan fingerprint density at radius 1 is 1.43 bits per heavy atom. The summed E-state index contributed by atoms with van der Waals surface area (Å²) in [6.45, 7) is 1.96. The monoisotopic (exact) mass is 287 g/mol. The summed E-state index contributed by atoms with van der Waals surface area (Å²) in [5.41, 5.74) is 2.48. The van der Waals surface area contributed by atoms with Gasteiger partial charge in [-0.2, -0.15) is 0 Å². The molecule has 1 spiro atoms.